The summed E-state index contributed by atoms with van der Waals surface area (Å²) in [4.78, 5) is 11.3. The molecular weight excluding hydrogens is 333 g/mol. The van der Waals surface area contributed by atoms with Crippen molar-refractivity contribution in [1.82, 2.24) is 0 Å². The highest BCUT2D eigenvalue weighted by Gasteiger charge is 2.04. The summed E-state index contributed by atoms with van der Waals surface area (Å²) < 4.78 is 0.327. The van der Waals surface area contributed by atoms with Crippen LogP contribution in [-0.4, -0.2) is 8.78 Å². The van der Waals surface area contributed by atoms with Crippen LogP contribution in [0.15, 0.2) is 24.3 Å². The highest BCUT2D eigenvalue weighted by molar-refractivity contribution is 14.1. The van der Waals surface area contributed by atoms with Crippen molar-refractivity contribution < 1.29 is 4.79 Å². The number of carbonyl (C=O) groups is 1. The summed E-state index contributed by atoms with van der Waals surface area (Å²) in [6.45, 7) is 2.18. The van der Waals surface area contributed by atoms with E-state index in [4.69, 9.17) is 12.2 Å². The minimum Gasteiger partial charge on any atom is -0.321 e. The lowest BCUT2D eigenvalue weighted by atomic mass is 10.1. The van der Waals surface area contributed by atoms with Crippen molar-refractivity contribution in [3.8, 4) is 0 Å². The SMILES string of the molecule is CCCCc1ccc(NC(=O)C(=S)I)cc1. The smallest absolute Gasteiger partial charge is 0.272 e. The van der Waals surface area contributed by atoms with Gasteiger partial charge < -0.3 is 5.32 Å². The van der Waals surface area contributed by atoms with E-state index in [1.807, 2.05) is 46.9 Å². The van der Waals surface area contributed by atoms with Crippen molar-refractivity contribution in [2.24, 2.45) is 0 Å². The topological polar surface area (TPSA) is 29.1 Å². The summed E-state index contributed by atoms with van der Waals surface area (Å²) in [5.41, 5.74) is 2.10. The highest BCUT2D eigenvalue weighted by atomic mass is 127. The number of anilines is 1. The average molecular weight is 347 g/mol. The first-order chi connectivity index (χ1) is 7.63. The Kier molecular flexibility index (Phi) is 5.90. The number of rotatable bonds is 5. The van der Waals surface area contributed by atoms with Gasteiger partial charge in [-0.2, -0.15) is 0 Å². The molecule has 86 valence electrons. The number of halogens is 1. The number of unbranched alkanes of at least 4 members (excludes halogenated alkanes) is 1. The fourth-order valence-electron chi connectivity index (χ4n) is 1.32. The third-order valence-electron chi connectivity index (χ3n) is 2.21. The zero-order valence-corrected chi connectivity index (χ0v) is 12.1. The highest BCUT2D eigenvalue weighted by Crippen LogP contribution is 2.12. The van der Waals surface area contributed by atoms with E-state index in [0.29, 0.717) is 2.87 Å². The molecule has 0 unspecified atom stereocenters. The number of hydrogen-bond donors (Lipinski definition) is 1. The van der Waals surface area contributed by atoms with Crippen LogP contribution in [-0.2, 0) is 11.2 Å². The largest absolute Gasteiger partial charge is 0.321 e. The zero-order valence-electron chi connectivity index (χ0n) is 9.13. The number of amides is 1. The fraction of sp³-hybridized carbons (Fsp3) is 0.333. The van der Waals surface area contributed by atoms with Crippen LogP contribution in [0.3, 0.4) is 0 Å². The molecule has 1 rings (SSSR count). The number of benzene rings is 1. The summed E-state index contributed by atoms with van der Waals surface area (Å²) in [7, 11) is 0. The lowest BCUT2D eigenvalue weighted by molar-refractivity contribution is -0.109. The molecule has 0 saturated carbocycles. The zero-order chi connectivity index (χ0) is 12.0. The van der Waals surface area contributed by atoms with Gasteiger partial charge in [-0.1, -0.05) is 37.7 Å². The van der Waals surface area contributed by atoms with Crippen LogP contribution in [0.25, 0.3) is 0 Å². The maximum Gasteiger partial charge on any atom is 0.272 e. The first-order valence-corrected chi connectivity index (χ1v) is 6.72. The van der Waals surface area contributed by atoms with Gasteiger partial charge in [-0.25, -0.2) is 0 Å². The van der Waals surface area contributed by atoms with E-state index in [1.165, 1.54) is 18.4 Å². The molecule has 1 aromatic carbocycles. The summed E-state index contributed by atoms with van der Waals surface area (Å²) >= 11 is 6.61. The molecule has 2 nitrogen and oxygen atoms in total. The van der Waals surface area contributed by atoms with Crippen molar-refractivity contribution in [2.45, 2.75) is 26.2 Å². The monoisotopic (exact) mass is 347 g/mol. The molecule has 0 aliphatic rings. The first kappa shape index (κ1) is 13.6. The van der Waals surface area contributed by atoms with Crippen molar-refractivity contribution >= 4 is 49.3 Å². The molecule has 16 heavy (non-hydrogen) atoms. The molecule has 0 radical (unpaired) electrons. The molecule has 0 aliphatic carbocycles. The molecule has 0 aliphatic heterocycles. The maximum atomic E-state index is 11.3. The standard InChI is InChI=1S/C12H14INOS/c1-2-3-4-9-5-7-10(8-6-9)14-12(15)11(13)16/h5-8H,2-4H2,1H3,(H,14,15). The molecule has 0 atom stereocenters. The number of aryl methyl sites for hydroxylation is 1. The van der Waals surface area contributed by atoms with E-state index in [2.05, 4.69) is 12.2 Å². The number of nitrogens with one attached hydrogen (secondary N) is 1. The van der Waals surface area contributed by atoms with Gasteiger partial charge in [0, 0.05) is 5.69 Å². The molecule has 1 aromatic rings. The molecule has 0 fully saturated rings. The third kappa shape index (κ3) is 4.57. The van der Waals surface area contributed by atoms with Gasteiger partial charge in [-0.15, -0.1) is 0 Å². The van der Waals surface area contributed by atoms with Crippen molar-refractivity contribution in [3.05, 3.63) is 29.8 Å². The van der Waals surface area contributed by atoms with E-state index in [9.17, 15) is 4.79 Å². The maximum absolute atomic E-state index is 11.3. The summed E-state index contributed by atoms with van der Waals surface area (Å²) in [6, 6.07) is 7.92. The van der Waals surface area contributed by atoms with Gasteiger partial charge in [0.25, 0.3) is 5.91 Å². The van der Waals surface area contributed by atoms with Crippen LogP contribution >= 0.6 is 34.8 Å². The van der Waals surface area contributed by atoms with E-state index in [-0.39, 0.29) is 5.91 Å². The number of thiocarbonyl (C=S) groups is 1. The predicted octanol–water partition coefficient (Wildman–Crippen LogP) is 3.73. The van der Waals surface area contributed by atoms with Crippen LogP contribution in [0.5, 0.6) is 0 Å². The Hall–Kier alpha value is -0.490. The summed E-state index contributed by atoms with van der Waals surface area (Å²) in [6.07, 6.45) is 3.49. The molecule has 1 N–H and O–H groups in total. The Labute approximate surface area is 115 Å². The van der Waals surface area contributed by atoms with Gasteiger partial charge in [0.1, 0.15) is 2.87 Å². The van der Waals surface area contributed by atoms with E-state index >= 15 is 0 Å². The van der Waals surface area contributed by atoms with Gasteiger partial charge in [-0.3, -0.25) is 4.79 Å². The summed E-state index contributed by atoms with van der Waals surface area (Å²) in [5.74, 6) is -0.211. The van der Waals surface area contributed by atoms with Gasteiger partial charge in [0.15, 0.2) is 0 Å². The van der Waals surface area contributed by atoms with Crippen LogP contribution in [0.4, 0.5) is 5.69 Å². The van der Waals surface area contributed by atoms with Crippen LogP contribution in [0, 0.1) is 0 Å². The Balaban J connectivity index is 2.57. The van der Waals surface area contributed by atoms with E-state index < -0.39 is 0 Å². The van der Waals surface area contributed by atoms with Crippen molar-refractivity contribution in [3.63, 3.8) is 0 Å². The third-order valence-corrected chi connectivity index (χ3v) is 2.88. The van der Waals surface area contributed by atoms with E-state index in [1.54, 1.807) is 0 Å². The van der Waals surface area contributed by atoms with E-state index in [0.717, 1.165) is 12.1 Å². The predicted molar refractivity (Wildman–Crippen MR) is 80.3 cm³/mol. The Morgan fingerprint density at radius 3 is 2.50 bits per heavy atom. The second-order valence-corrected chi connectivity index (χ2v) is 5.75. The van der Waals surface area contributed by atoms with Gasteiger partial charge in [-0.05, 0) is 53.1 Å². The fourth-order valence-corrected chi connectivity index (χ4v) is 1.50. The van der Waals surface area contributed by atoms with Crippen LogP contribution in [0.2, 0.25) is 0 Å². The molecule has 0 heterocycles. The molecule has 0 aromatic heterocycles. The van der Waals surface area contributed by atoms with Gasteiger partial charge >= 0.3 is 0 Å². The Bertz CT molecular complexity index is 375. The van der Waals surface area contributed by atoms with Gasteiger partial charge in [0.05, 0.1) is 0 Å². The molecule has 0 spiro atoms. The molecular formula is C12H14INOS. The lowest BCUT2D eigenvalue weighted by Gasteiger charge is -2.04. The Morgan fingerprint density at radius 2 is 2.00 bits per heavy atom. The van der Waals surface area contributed by atoms with Crippen molar-refractivity contribution in [1.29, 1.82) is 0 Å². The number of carbonyl (C=O) groups excluding carboxylic acids is 1. The van der Waals surface area contributed by atoms with Crippen LogP contribution in [0.1, 0.15) is 25.3 Å². The molecule has 1 amide bonds. The minimum absolute atomic E-state index is 0.211. The normalized spacial score (nSPS) is 9.88. The Morgan fingerprint density at radius 1 is 1.38 bits per heavy atom. The molecule has 0 bridgehead atoms. The first-order valence-electron chi connectivity index (χ1n) is 5.23. The van der Waals surface area contributed by atoms with Gasteiger partial charge in [0.2, 0.25) is 0 Å². The minimum atomic E-state index is -0.211. The molecule has 4 heteroatoms. The second kappa shape index (κ2) is 6.96. The molecule has 0 saturated heterocycles. The second-order valence-electron chi connectivity index (χ2n) is 3.53. The number of hydrogen-bond acceptors (Lipinski definition) is 2. The average Bonchev–Trinajstić information content (AvgIpc) is 2.28. The lowest BCUT2D eigenvalue weighted by Crippen LogP contribution is -2.16. The quantitative estimate of drug-likeness (QED) is 0.500. The summed E-state index contributed by atoms with van der Waals surface area (Å²) in [5, 5.41) is 2.74. The van der Waals surface area contributed by atoms with Crippen molar-refractivity contribution in [2.75, 3.05) is 5.32 Å². The van der Waals surface area contributed by atoms with Crippen LogP contribution < -0.4 is 5.32 Å².